The van der Waals surface area contributed by atoms with Crippen molar-refractivity contribution in [3.8, 4) is 0 Å². The molecule has 1 aromatic rings. The largest absolute Gasteiger partial charge is 0.339 e. The van der Waals surface area contributed by atoms with Gasteiger partial charge in [-0.15, -0.1) is 0 Å². The van der Waals surface area contributed by atoms with Crippen LogP contribution >= 0.6 is 0 Å². The molecule has 1 heterocycles. The van der Waals surface area contributed by atoms with E-state index in [9.17, 15) is 0 Å². The van der Waals surface area contributed by atoms with Crippen LogP contribution in [0.15, 0.2) is 4.52 Å². The van der Waals surface area contributed by atoms with Crippen molar-refractivity contribution in [3.05, 3.63) is 11.7 Å². The molecule has 4 heteroatoms. The van der Waals surface area contributed by atoms with Crippen molar-refractivity contribution in [1.29, 1.82) is 0 Å². The van der Waals surface area contributed by atoms with Crippen LogP contribution in [0.5, 0.6) is 0 Å². The normalized spacial score (nSPS) is 23.9. The van der Waals surface area contributed by atoms with Crippen LogP contribution in [0.4, 0.5) is 0 Å². The first kappa shape index (κ1) is 16.5. The summed E-state index contributed by atoms with van der Waals surface area (Å²) in [6, 6.07) is 0.421. The minimum absolute atomic E-state index is 0.421. The smallest absolute Gasteiger partial charge is 0.228 e. The second-order valence-electron chi connectivity index (χ2n) is 6.84. The highest BCUT2D eigenvalue weighted by Crippen LogP contribution is 2.38. The zero-order chi connectivity index (χ0) is 15.2. The molecule has 0 bridgehead atoms. The van der Waals surface area contributed by atoms with Gasteiger partial charge >= 0.3 is 0 Å². The average molecular weight is 293 g/mol. The molecule has 1 aromatic heterocycles. The van der Waals surface area contributed by atoms with E-state index in [1.54, 1.807) is 0 Å². The lowest BCUT2D eigenvalue weighted by atomic mass is 10.0. The Labute approximate surface area is 129 Å². The summed E-state index contributed by atoms with van der Waals surface area (Å²) in [6.45, 7) is 10.0. The van der Waals surface area contributed by atoms with Crippen molar-refractivity contribution < 1.29 is 4.52 Å². The standard InChI is InChI=1S/C17H31N3O/c1-5-9-18-15(12(3)4)11-16-19-17(20-21-16)14-8-7-13(6-2)10-14/h12-15,18H,5-11H2,1-4H3. The van der Waals surface area contributed by atoms with Gasteiger partial charge in [-0.25, -0.2) is 0 Å². The van der Waals surface area contributed by atoms with Gasteiger partial charge in [-0.2, -0.15) is 4.98 Å². The first-order valence-corrected chi connectivity index (χ1v) is 8.69. The molecule has 1 aliphatic carbocycles. The summed E-state index contributed by atoms with van der Waals surface area (Å²) in [7, 11) is 0. The van der Waals surface area contributed by atoms with E-state index in [1.807, 2.05) is 0 Å². The van der Waals surface area contributed by atoms with Gasteiger partial charge in [0.2, 0.25) is 5.89 Å². The lowest BCUT2D eigenvalue weighted by Crippen LogP contribution is -2.36. The Morgan fingerprint density at radius 2 is 2.10 bits per heavy atom. The van der Waals surface area contributed by atoms with Gasteiger partial charge in [0, 0.05) is 18.4 Å². The van der Waals surface area contributed by atoms with Crippen LogP contribution in [0.3, 0.4) is 0 Å². The quantitative estimate of drug-likeness (QED) is 0.789. The van der Waals surface area contributed by atoms with E-state index < -0.39 is 0 Å². The van der Waals surface area contributed by atoms with Gasteiger partial charge in [0.15, 0.2) is 5.82 Å². The summed E-state index contributed by atoms with van der Waals surface area (Å²) in [6.07, 6.45) is 7.04. The monoisotopic (exact) mass is 293 g/mol. The Kier molecular flexibility index (Phi) is 6.22. The third kappa shape index (κ3) is 4.53. The molecule has 3 atom stereocenters. The average Bonchev–Trinajstić information content (AvgIpc) is 3.11. The summed E-state index contributed by atoms with van der Waals surface area (Å²) < 4.78 is 5.51. The zero-order valence-corrected chi connectivity index (χ0v) is 14.1. The van der Waals surface area contributed by atoms with Crippen LogP contribution < -0.4 is 5.32 Å². The molecule has 1 saturated carbocycles. The molecule has 0 aromatic carbocycles. The Morgan fingerprint density at radius 1 is 1.29 bits per heavy atom. The number of nitrogens with zero attached hydrogens (tertiary/aromatic N) is 2. The maximum absolute atomic E-state index is 5.51. The van der Waals surface area contributed by atoms with E-state index in [0.717, 1.165) is 37.0 Å². The molecule has 0 aliphatic heterocycles. The fourth-order valence-corrected chi connectivity index (χ4v) is 3.26. The molecule has 1 aliphatic rings. The number of nitrogens with one attached hydrogen (secondary N) is 1. The predicted octanol–water partition coefficient (Wildman–Crippen LogP) is 3.93. The molecule has 0 radical (unpaired) electrons. The minimum Gasteiger partial charge on any atom is -0.339 e. The van der Waals surface area contributed by atoms with Crippen LogP contribution in [0, 0.1) is 11.8 Å². The van der Waals surface area contributed by atoms with Crippen molar-refractivity contribution >= 4 is 0 Å². The van der Waals surface area contributed by atoms with E-state index in [4.69, 9.17) is 4.52 Å². The Morgan fingerprint density at radius 3 is 2.71 bits per heavy atom. The summed E-state index contributed by atoms with van der Waals surface area (Å²) in [5, 5.41) is 7.83. The fraction of sp³-hybridized carbons (Fsp3) is 0.882. The first-order chi connectivity index (χ1) is 10.1. The molecule has 2 rings (SSSR count). The number of hydrogen-bond donors (Lipinski definition) is 1. The molecule has 1 fully saturated rings. The zero-order valence-electron chi connectivity index (χ0n) is 14.1. The predicted molar refractivity (Wildman–Crippen MR) is 85.3 cm³/mol. The molecule has 4 nitrogen and oxygen atoms in total. The van der Waals surface area contributed by atoms with Gasteiger partial charge < -0.3 is 9.84 Å². The summed E-state index contributed by atoms with van der Waals surface area (Å²) in [4.78, 5) is 4.67. The van der Waals surface area contributed by atoms with Crippen LogP contribution in [0.25, 0.3) is 0 Å². The molecule has 0 saturated heterocycles. The van der Waals surface area contributed by atoms with Crippen LogP contribution in [0.2, 0.25) is 0 Å². The summed E-state index contributed by atoms with van der Waals surface area (Å²) >= 11 is 0. The molecule has 1 N–H and O–H groups in total. The topological polar surface area (TPSA) is 51.0 Å². The second kappa shape index (κ2) is 7.92. The van der Waals surface area contributed by atoms with Gasteiger partial charge in [0.1, 0.15) is 0 Å². The fourth-order valence-electron chi connectivity index (χ4n) is 3.26. The third-order valence-corrected chi connectivity index (χ3v) is 4.82. The van der Waals surface area contributed by atoms with Crippen molar-refractivity contribution in [2.24, 2.45) is 11.8 Å². The molecule has 0 amide bonds. The van der Waals surface area contributed by atoms with E-state index in [2.05, 4.69) is 43.2 Å². The van der Waals surface area contributed by atoms with E-state index in [1.165, 1.54) is 25.7 Å². The number of aromatic nitrogens is 2. The van der Waals surface area contributed by atoms with Gasteiger partial charge in [0.05, 0.1) is 0 Å². The molecular weight excluding hydrogens is 262 g/mol. The van der Waals surface area contributed by atoms with Crippen LogP contribution in [0.1, 0.15) is 77.4 Å². The number of hydrogen-bond acceptors (Lipinski definition) is 4. The molecule has 3 unspecified atom stereocenters. The Balaban J connectivity index is 1.92. The molecule has 21 heavy (non-hydrogen) atoms. The molecular formula is C17H31N3O. The van der Waals surface area contributed by atoms with E-state index in [-0.39, 0.29) is 0 Å². The minimum atomic E-state index is 0.421. The van der Waals surface area contributed by atoms with Gasteiger partial charge in [-0.05, 0) is 44.1 Å². The summed E-state index contributed by atoms with van der Waals surface area (Å²) in [5.41, 5.74) is 0. The van der Waals surface area contributed by atoms with E-state index in [0.29, 0.717) is 17.9 Å². The van der Waals surface area contributed by atoms with Gasteiger partial charge in [0.25, 0.3) is 0 Å². The van der Waals surface area contributed by atoms with Crippen LogP contribution in [-0.2, 0) is 6.42 Å². The number of rotatable bonds is 8. The Bertz CT molecular complexity index is 416. The lowest BCUT2D eigenvalue weighted by molar-refractivity contribution is 0.323. The van der Waals surface area contributed by atoms with Crippen LogP contribution in [-0.4, -0.2) is 22.7 Å². The molecule has 120 valence electrons. The van der Waals surface area contributed by atoms with Gasteiger partial charge in [-0.1, -0.05) is 39.3 Å². The Hall–Kier alpha value is -0.900. The highest BCUT2D eigenvalue weighted by molar-refractivity contribution is 5.00. The van der Waals surface area contributed by atoms with Crippen molar-refractivity contribution in [2.45, 2.75) is 78.2 Å². The van der Waals surface area contributed by atoms with Crippen molar-refractivity contribution in [3.63, 3.8) is 0 Å². The first-order valence-electron chi connectivity index (χ1n) is 8.69. The summed E-state index contributed by atoms with van der Waals surface area (Å²) in [5.74, 6) is 3.69. The lowest BCUT2D eigenvalue weighted by Gasteiger charge is -2.20. The maximum atomic E-state index is 5.51. The van der Waals surface area contributed by atoms with Crippen molar-refractivity contribution in [2.75, 3.05) is 6.54 Å². The van der Waals surface area contributed by atoms with E-state index >= 15 is 0 Å². The molecule has 0 spiro atoms. The van der Waals surface area contributed by atoms with Gasteiger partial charge in [-0.3, -0.25) is 0 Å². The highest BCUT2D eigenvalue weighted by Gasteiger charge is 2.28. The second-order valence-corrected chi connectivity index (χ2v) is 6.84. The highest BCUT2D eigenvalue weighted by atomic mass is 16.5. The third-order valence-electron chi connectivity index (χ3n) is 4.82. The van der Waals surface area contributed by atoms with Crippen molar-refractivity contribution in [1.82, 2.24) is 15.5 Å². The SMILES string of the molecule is CCCNC(Cc1nc(C2CCC(CC)C2)no1)C(C)C. The maximum Gasteiger partial charge on any atom is 0.228 e.